The molecule has 2 aromatic rings. The van der Waals surface area contributed by atoms with Crippen LogP contribution in [0.3, 0.4) is 0 Å². The maximum Gasteiger partial charge on any atom is 0.163 e. The minimum Gasteiger partial charge on any atom is -0.333 e. The topological polar surface area (TPSA) is 29.9 Å². The summed E-state index contributed by atoms with van der Waals surface area (Å²) < 4.78 is 29.5. The number of nitrogens with one attached hydrogen (secondary N) is 1. The van der Waals surface area contributed by atoms with E-state index in [1.54, 1.807) is 18.5 Å². The molecule has 0 aliphatic rings. The van der Waals surface area contributed by atoms with Gasteiger partial charge in [-0.2, -0.15) is 0 Å². The molecule has 1 aromatic carbocycles. The zero-order valence-electron chi connectivity index (χ0n) is 12.7. The molecule has 0 spiro atoms. The maximum absolute atomic E-state index is 14.0. The molecule has 1 heterocycles. The van der Waals surface area contributed by atoms with Crippen molar-refractivity contribution in [3.63, 3.8) is 0 Å². The minimum atomic E-state index is -0.811. The van der Waals surface area contributed by atoms with Gasteiger partial charge in [0.25, 0.3) is 0 Å². The maximum atomic E-state index is 14.0. The van der Waals surface area contributed by atoms with E-state index >= 15 is 0 Å². The first-order valence-electron chi connectivity index (χ1n) is 7.20. The molecule has 0 aliphatic heterocycles. The van der Waals surface area contributed by atoms with E-state index in [-0.39, 0.29) is 6.04 Å². The molecule has 3 nitrogen and oxygen atoms in total. The van der Waals surface area contributed by atoms with Crippen LogP contribution in [0.2, 0.25) is 0 Å². The Labute approximate surface area is 124 Å². The van der Waals surface area contributed by atoms with Crippen molar-refractivity contribution in [2.75, 3.05) is 6.54 Å². The van der Waals surface area contributed by atoms with Crippen LogP contribution in [-0.2, 0) is 6.54 Å². The molecule has 1 atom stereocenters. The van der Waals surface area contributed by atoms with Gasteiger partial charge in [0, 0.05) is 17.8 Å². The van der Waals surface area contributed by atoms with E-state index in [9.17, 15) is 8.78 Å². The van der Waals surface area contributed by atoms with E-state index < -0.39 is 11.6 Å². The summed E-state index contributed by atoms with van der Waals surface area (Å²) in [6.45, 7) is 7.21. The third-order valence-electron chi connectivity index (χ3n) is 3.72. The molecule has 0 amide bonds. The highest BCUT2D eigenvalue weighted by Crippen LogP contribution is 2.22. The van der Waals surface area contributed by atoms with Gasteiger partial charge in [-0.1, -0.05) is 19.1 Å². The predicted molar refractivity (Wildman–Crippen MR) is 79.1 cm³/mol. The van der Waals surface area contributed by atoms with Gasteiger partial charge in [-0.3, -0.25) is 0 Å². The van der Waals surface area contributed by atoms with Gasteiger partial charge in [-0.25, -0.2) is 13.8 Å². The summed E-state index contributed by atoms with van der Waals surface area (Å²) in [7, 11) is 0. The molecule has 0 saturated heterocycles. The van der Waals surface area contributed by atoms with Crippen molar-refractivity contribution < 1.29 is 8.78 Å². The van der Waals surface area contributed by atoms with Crippen LogP contribution in [0.4, 0.5) is 8.78 Å². The van der Waals surface area contributed by atoms with Crippen LogP contribution >= 0.6 is 0 Å². The Bertz CT molecular complexity index is 608. The molecule has 0 radical (unpaired) electrons. The van der Waals surface area contributed by atoms with Gasteiger partial charge in [0.05, 0.1) is 18.1 Å². The number of nitrogens with zero attached hydrogens (tertiary/aromatic N) is 2. The Kier molecular flexibility index (Phi) is 5.07. The Morgan fingerprint density at radius 3 is 2.67 bits per heavy atom. The third-order valence-corrected chi connectivity index (χ3v) is 3.72. The van der Waals surface area contributed by atoms with E-state index in [2.05, 4.69) is 10.3 Å². The Hall–Kier alpha value is -1.75. The molecule has 1 aromatic heterocycles. The van der Waals surface area contributed by atoms with E-state index in [1.165, 1.54) is 0 Å². The molecular formula is C16H21F2N3. The first-order chi connectivity index (χ1) is 10.0. The van der Waals surface area contributed by atoms with Gasteiger partial charge in [-0.05, 0) is 32.9 Å². The number of aryl methyl sites for hydroxylation is 1. The Morgan fingerprint density at radius 1 is 1.29 bits per heavy atom. The van der Waals surface area contributed by atoms with E-state index in [0.29, 0.717) is 12.1 Å². The van der Waals surface area contributed by atoms with Crippen LogP contribution < -0.4 is 5.32 Å². The van der Waals surface area contributed by atoms with E-state index in [4.69, 9.17) is 0 Å². The van der Waals surface area contributed by atoms with Crippen LogP contribution in [-0.4, -0.2) is 16.1 Å². The van der Waals surface area contributed by atoms with Crippen LogP contribution in [0.25, 0.3) is 0 Å². The molecule has 0 bridgehead atoms. The number of imidazole rings is 1. The number of hydrogen-bond donors (Lipinski definition) is 1. The normalized spacial score (nSPS) is 12.6. The van der Waals surface area contributed by atoms with Gasteiger partial charge < -0.3 is 9.88 Å². The molecule has 2 rings (SSSR count). The average Bonchev–Trinajstić information content (AvgIpc) is 2.78. The Balaban J connectivity index is 2.30. The zero-order chi connectivity index (χ0) is 15.4. The second kappa shape index (κ2) is 6.80. The highest BCUT2D eigenvalue weighted by atomic mass is 19.2. The van der Waals surface area contributed by atoms with Gasteiger partial charge in [0.1, 0.15) is 0 Å². The van der Waals surface area contributed by atoms with Crippen molar-refractivity contribution in [3.8, 4) is 0 Å². The second-order valence-electron chi connectivity index (χ2n) is 5.22. The van der Waals surface area contributed by atoms with Crippen molar-refractivity contribution in [1.82, 2.24) is 14.9 Å². The van der Waals surface area contributed by atoms with Crippen molar-refractivity contribution in [2.24, 2.45) is 0 Å². The van der Waals surface area contributed by atoms with Crippen LogP contribution in [0.1, 0.15) is 36.3 Å². The minimum absolute atomic E-state index is 0.284. The van der Waals surface area contributed by atoms with Gasteiger partial charge in [0.15, 0.2) is 11.6 Å². The fourth-order valence-electron chi connectivity index (χ4n) is 2.31. The predicted octanol–water partition coefficient (Wildman–Crippen LogP) is 3.52. The zero-order valence-corrected chi connectivity index (χ0v) is 12.7. The van der Waals surface area contributed by atoms with Gasteiger partial charge >= 0.3 is 0 Å². The largest absolute Gasteiger partial charge is 0.333 e. The summed E-state index contributed by atoms with van der Waals surface area (Å²) in [5.41, 5.74) is 2.34. The summed E-state index contributed by atoms with van der Waals surface area (Å²) >= 11 is 0. The molecular weight excluding hydrogens is 272 g/mol. The first kappa shape index (κ1) is 15.6. The first-order valence-corrected chi connectivity index (χ1v) is 7.20. The SMILES string of the molecule is CCCNC(Cn1cnc(C)c1C)c1cccc(F)c1F. The van der Waals surface area contributed by atoms with Crippen molar-refractivity contribution in [3.05, 3.63) is 53.1 Å². The lowest BCUT2D eigenvalue weighted by Crippen LogP contribution is -2.27. The summed E-state index contributed by atoms with van der Waals surface area (Å²) in [4.78, 5) is 4.25. The molecule has 1 N–H and O–H groups in total. The lowest BCUT2D eigenvalue weighted by molar-refractivity contribution is 0.423. The molecule has 21 heavy (non-hydrogen) atoms. The number of hydrogen-bond acceptors (Lipinski definition) is 2. The van der Waals surface area contributed by atoms with Crippen molar-refractivity contribution in [1.29, 1.82) is 0 Å². The lowest BCUT2D eigenvalue weighted by atomic mass is 10.1. The highest BCUT2D eigenvalue weighted by Gasteiger charge is 2.19. The van der Waals surface area contributed by atoms with Gasteiger partial charge in [0.2, 0.25) is 0 Å². The monoisotopic (exact) mass is 293 g/mol. The standard InChI is InChI=1S/C16H21F2N3/c1-4-8-19-15(9-21-10-20-11(2)12(21)3)13-6-5-7-14(17)16(13)18/h5-7,10,15,19H,4,8-9H2,1-3H3. The van der Waals surface area contributed by atoms with E-state index in [1.807, 2.05) is 25.3 Å². The third kappa shape index (κ3) is 3.47. The molecule has 1 unspecified atom stereocenters. The van der Waals surface area contributed by atoms with Crippen molar-refractivity contribution >= 4 is 0 Å². The molecule has 114 valence electrons. The summed E-state index contributed by atoms with van der Waals surface area (Å²) in [6.07, 6.45) is 2.66. The van der Waals surface area contributed by atoms with Crippen LogP contribution in [0.5, 0.6) is 0 Å². The van der Waals surface area contributed by atoms with E-state index in [0.717, 1.165) is 30.4 Å². The molecule has 0 saturated carbocycles. The average molecular weight is 293 g/mol. The number of rotatable bonds is 6. The summed E-state index contributed by atoms with van der Waals surface area (Å²) in [5, 5.41) is 3.28. The quantitative estimate of drug-likeness (QED) is 0.883. The van der Waals surface area contributed by atoms with Crippen LogP contribution in [0, 0.1) is 25.5 Å². The second-order valence-corrected chi connectivity index (χ2v) is 5.22. The number of aromatic nitrogens is 2. The molecule has 5 heteroatoms. The van der Waals surface area contributed by atoms with Gasteiger partial charge in [-0.15, -0.1) is 0 Å². The van der Waals surface area contributed by atoms with Crippen LogP contribution in [0.15, 0.2) is 24.5 Å². The summed E-state index contributed by atoms with van der Waals surface area (Å²) in [5.74, 6) is -1.59. The van der Waals surface area contributed by atoms with Crippen molar-refractivity contribution in [2.45, 2.75) is 39.8 Å². The highest BCUT2D eigenvalue weighted by molar-refractivity contribution is 5.23. The molecule has 0 fully saturated rings. The fraction of sp³-hybridized carbons (Fsp3) is 0.438. The number of halogens is 2. The number of benzene rings is 1. The summed E-state index contributed by atoms with van der Waals surface area (Å²) in [6, 6.07) is 4.03. The Morgan fingerprint density at radius 2 is 2.05 bits per heavy atom. The molecule has 0 aliphatic carbocycles. The smallest absolute Gasteiger partial charge is 0.163 e. The fourth-order valence-corrected chi connectivity index (χ4v) is 2.31. The lowest BCUT2D eigenvalue weighted by Gasteiger charge is -2.21.